The van der Waals surface area contributed by atoms with Gasteiger partial charge in [0, 0.05) is 34.3 Å². The second-order valence-electron chi connectivity index (χ2n) is 8.69. The lowest BCUT2D eigenvalue weighted by atomic mass is 9.99. The molecule has 0 unspecified atom stereocenters. The number of hydrogen-bond acceptors (Lipinski definition) is 8. The van der Waals surface area contributed by atoms with Crippen molar-refractivity contribution in [2.75, 3.05) is 11.9 Å². The number of nitrogens with one attached hydrogen (secondary N) is 1. The molecule has 0 amide bonds. The van der Waals surface area contributed by atoms with Crippen LogP contribution in [0.4, 0.5) is 11.4 Å². The molecule has 0 fully saturated rings. The second kappa shape index (κ2) is 10.0. The molecule has 36 heavy (non-hydrogen) atoms. The normalized spacial score (nSPS) is 14.4. The third-order valence-corrected chi connectivity index (χ3v) is 7.47. The van der Waals surface area contributed by atoms with Crippen LogP contribution in [-0.2, 0) is 9.53 Å². The first-order valence-electron chi connectivity index (χ1n) is 12.0. The summed E-state index contributed by atoms with van der Waals surface area (Å²) in [7, 11) is 0. The number of nitrogens with zero attached hydrogens (tertiary/aromatic N) is 5. The number of esters is 1. The van der Waals surface area contributed by atoms with Crippen molar-refractivity contribution in [1.82, 2.24) is 19.7 Å². The molecule has 4 heterocycles. The van der Waals surface area contributed by atoms with E-state index in [9.17, 15) is 4.79 Å². The maximum atomic E-state index is 12.2. The lowest BCUT2D eigenvalue weighted by Crippen LogP contribution is -2.10. The van der Waals surface area contributed by atoms with E-state index in [0.29, 0.717) is 13.0 Å². The lowest BCUT2D eigenvalue weighted by molar-refractivity contribution is -0.143. The van der Waals surface area contributed by atoms with Gasteiger partial charge in [-0.15, -0.1) is 21.5 Å². The number of thiophene rings is 1. The number of hydrogen-bond donors (Lipinski definition) is 1. The van der Waals surface area contributed by atoms with Gasteiger partial charge < -0.3 is 10.1 Å². The minimum Gasteiger partial charge on any atom is -0.466 e. The fourth-order valence-corrected chi connectivity index (χ4v) is 5.60. The van der Waals surface area contributed by atoms with Crippen LogP contribution in [0.3, 0.4) is 0 Å². The van der Waals surface area contributed by atoms with Crippen LogP contribution in [0.5, 0.6) is 0 Å². The van der Waals surface area contributed by atoms with Crippen molar-refractivity contribution in [1.29, 1.82) is 0 Å². The second-order valence-corrected chi connectivity index (χ2v) is 9.89. The van der Waals surface area contributed by atoms with E-state index in [1.54, 1.807) is 23.7 Å². The number of carbonyl (C=O) groups excluding carboxylic acids is 1. The molecular weight excluding hydrogens is 472 g/mol. The molecule has 4 aromatic rings. The minimum absolute atomic E-state index is 0.228. The third kappa shape index (κ3) is 4.54. The molecule has 1 aliphatic heterocycles. The number of aromatic nitrogens is 4. The highest BCUT2D eigenvalue weighted by atomic mass is 32.1. The number of aryl methyl sites for hydroxylation is 2. The van der Waals surface area contributed by atoms with E-state index >= 15 is 0 Å². The maximum absolute atomic E-state index is 12.2. The molecular formula is C27H28N6O2S. The standard InChI is InChI=1S/C27H28N6O2S/c1-5-35-23(34)13-12-22-26-32-31-18(4)33(26)27-24(16(2)17(3)36-27)25(30-22)19-8-10-20(11-9-19)29-21-7-6-14-28-15-21/h6-11,14-15,22,29H,5,12-13H2,1-4H3/t22-/m0/s1. The quantitative estimate of drug-likeness (QED) is 0.331. The van der Waals surface area contributed by atoms with Crippen LogP contribution >= 0.6 is 11.3 Å². The van der Waals surface area contributed by atoms with E-state index in [1.165, 1.54) is 10.4 Å². The molecule has 0 aliphatic carbocycles. The van der Waals surface area contributed by atoms with Crippen molar-refractivity contribution >= 4 is 34.4 Å². The summed E-state index contributed by atoms with van der Waals surface area (Å²) in [6.45, 7) is 8.40. The van der Waals surface area contributed by atoms with E-state index in [4.69, 9.17) is 9.73 Å². The Labute approximate surface area is 214 Å². The van der Waals surface area contributed by atoms with Crippen LogP contribution in [0.1, 0.15) is 59.0 Å². The number of benzene rings is 1. The van der Waals surface area contributed by atoms with Crippen LogP contribution in [0.15, 0.2) is 53.8 Å². The summed E-state index contributed by atoms with van der Waals surface area (Å²) < 4.78 is 7.27. The van der Waals surface area contributed by atoms with E-state index in [1.807, 2.05) is 38.1 Å². The lowest BCUT2D eigenvalue weighted by Gasteiger charge is -2.13. The highest BCUT2D eigenvalue weighted by Crippen LogP contribution is 2.40. The Hall–Kier alpha value is -3.85. The number of rotatable bonds is 7. The molecule has 5 rings (SSSR count). The van der Waals surface area contributed by atoms with Gasteiger partial charge in [-0.3, -0.25) is 19.3 Å². The number of anilines is 2. The molecule has 1 aliphatic rings. The van der Waals surface area contributed by atoms with Crippen molar-refractivity contribution < 1.29 is 9.53 Å². The summed E-state index contributed by atoms with van der Waals surface area (Å²) in [5.74, 6) is 1.33. The Morgan fingerprint density at radius 1 is 1.11 bits per heavy atom. The van der Waals surface area contributed by atoms with Crippen molar-refractivity contribution in [2.24, 2.45) is 4.99 Å². The van der Waals surface area contributed by atoms with Gasteiger partial charge in [-0.05, 0) is 63.9 Å². The van der Waals surface area contributed by atoms with Gasteiger partial charge in [-0.2, -0.15) is 0 Å². The minimum atomic E-state index is -0.321. The molecule has 0 radical (unpaired) electrons. The smallest absolute Gasteiger partial charge is 0.305 e. The van der Waals surface area contributed by atoms with Crippen LogP contribution in [-0.4, -0.2) is 38.0 Å². The predicted octanol–water partition coefficient (Wildman–Crippen LogP) is 5.63. The summed E-state index contributed by atoms with van der Waals surface area (Å²) in [5, 5.41) is 13.3. The van der Waals surface area contributed by atoms with Gasteiger partial charge >= 0.3 is 5.97 Å². The van der Waals surface area contributed by atoms with Crippen LogP contribution in [0.25, 0.3) is 5.00 Å². The number of ether oxygens (including phenoxy) is 1. The molecule has 0 bridgehead atoms. The number of carbonyl (C=O) groups is 1. The fraction of sp³-hybridized carbons (Fsp3) is 0.296. The zero-order chi connectivity index (χ0) is 25.2. The van der Waals surface area contributed by atoms with Crippen molar-refractivity contribution in [2.45, 2.75) is 46.6 Å². The average molecular weight is 501 g/mol. The first kappa shape index (κ1) is 23.9. The Morgan fingerprint density at radius 2 is 1.92 bits per heavy atom. The number of pyridine rings is 1. The maximum Gasteiger partial charge on any atom is 0.305 e. The molecule has 9 heteroatoms. The number of aliphatic imine (C=N–C) groups is 1. The monoisotopic (exact) mass is 500 g/mol. The molecule has 3 aromatic heterocycles. The molecule has 1 atom stereocenters. The van der Waals surface area contributed by atoms with Crippen molar-refractivity contribution in [3.8, 4) is 5.00 Å². The molecule has 1 aromatic carbocycles. The zero-order valence-corrected chi connectivity index (χ0v) is 21.6. The van der Waals surface area contributed by atoms with E-state index < -0.39 is 0 Å². The Kier molecular flexibility index (Phi) is 6.65. The van der Waals surface area contributed by atoms with Crippen LogP contribution in [0.2, 0.25) is 0 Å². The Morgan fingerprint density at radius 3 is 2.64 bits per heavy atom. The van der Waals surface area contributed by atoms with Gasteiger partial charge in [0.25, 0.3) is 0 Å². The van der Waals surface area contributed by atoms with Gasteiger partial charge in [-0.25, -0.2) is 0 Å². The number of fused-ring (bicyclic) bond motifs is 3. The Bertz CT molecular complexity index is 1420. The average Bonchev–Trinajstić information content (AvgIpc) is 3.35. The predicted molar refractivity (Wildman–Crippen MR) is 142 cm³/mol. The topological polar surface area (TPSA) is 94.3 Å². The molecule has 0 saturated heterocycles. The molecule has 0 spiro atoms. The highest BCUT2D eigenvalue weighted by molar-refractivity contribution is 7.15. The largest absolute Gasteiger partial charge is 0.466 e. The van der Waals surface area contributed by atoms with Crippen molar-refractivity contribution in [3.63, 3.8) is 0 Å². The molecule has 0 saturated carbocycles. The zero-order valence-electron chi connectivity index (χ0n) is 20.8. The summed E-state index contributed by atoms with van der Waals surface area (Å²) in [6, 6.07) is 11.8. The van der Waals surface area contributed by atoms with Gasteiger partial charge in [0.05, 0.1) is 24.2 Å². The fourth-order valence-electron chi connectivity index (χ4n) is 4.38. The Balaban J connectivity index is 1.57. The third-order valence-electron chi connectivity index (χ3n) is 6.28. The molecule has 1 N–H and O–H groups in total. The van der Waals surface area contributed by atoms with Crippen molar-refractivity contribution in [3.05, 3.63) is 82.0 Å². The first-order valence-corrected chi connectivity index (χ1v) is 12.8. The molecule has 8 nitrogen and oxygen atoms in total. The summed E-state index contributed by atoms with van der Waals surface area (Å²) in [5.41, 5.74) is 6.08. The van der Waals surface area contributed by atoms with Gasteiger partial charge in [0.1, 0.15) is 16.9 Å². The van der Waals surface area contributed by atoms with Gasteiger partial charge in [0.15, 0.2) is 5.82 Å². The summed E-state index contributed by atoms with van der Waals surface area (Å²) >= 11 is 1.72. The summed E-state index contributed by atoms with van der Waals surface area (Å²) in [4.78, 5) is 22.8. The first-order chi connectivity index (χ1) is 17.5. The van der Waals surface area contributed by atoms with Gasteiger partial charge in [0.2, 0.25) is 0 Å². The highest BCUT2D eigenvalue weighted by Gasteiger charge is 2.31. The molecule has 184 valence electrons. The van der Waals surface area contributed by atoms with E-state index in [2.05, 4.69) is 51.0 Å². The summed E-state index contributed by atoms with van der Waals surface area (Å²) in [6.07, 6.45) is 4.30. The van der Waals surface area contributed by atoms with Gasteiger partial charge in [-0.1, -0.05) is 12.1 Å². The SMILES string of the molecule is CCOC(=O)CC[C@@H]1N=C(c2ccc(Nc3cccnc3)cc2)c2c(sc(C)c2C)-n2c(C)nnc21. The van der Waals surface area contributed by atoms with Crippen LogP contribution in [0, 0.1) is 20.8 Å². The van der Waals surface area contributed by atoms with E-state index in [-0.39, 0.29) is 18.4 Å². The van der Waals surface area contributed by atoms with Crippen LogP contribution < -0.4 is 5.32 Å². The van der Waals surface area contributed by atoms with E-state index in [0.717, 1.165) is 44.9 Å².